The Balaban J connectivity index is 2.06. The molecular formula is C8H11F3N2O. The Kier molecular flexibility index (Phi) is 4.06. The van der Waals surface area contributed by atoms with Gasteiger partial charge in [-0.2, -0.15) is 13.2 Å². The second-order valence-corrected chi connectivity index (χ2v) is 2.87. The number of rotatable bonds is 4. The van der Waals surface area contributed by atoms with E-state index in [1.807, 2.05) is 0 Å². The van der Waals surface area contributed by atoms with E-state index in [1.54, 1.807) is 12.4 Å². The lowest BCUT2D eigenvalue weighted by atomic mass is 10.2. The molecule has 3 nitrogen and oxygen atoms in total. The standard InChI is InChI=1S/C8H11F3N2O/c9-8(10,11)6-14-4-1-7-5-12-2-3-13-7/h3,5,7H,1-2,4,6H2. The fourth-order valence-corrected chi connectivity index (χ4v) is 0.992. The fourth-order valence-electron chi connectivity index (χ4n) is 0.992. The summed E-state index contributed by atoms with van der Waals surface area (Å²) in [6.45, 7) is -0.589. The van der Waals surface area contributed by atoms with Crippen LogP contribution in [0.15, 0.2) is 9.98 Å². The van der Waals surface area contributed by atoms with Crippen molar-refractivity contribution in [3.63, 3.8) is 0 Å². The molecule has 1 aliphatic rings. The van der Waals surface area contributed by atoms with Gasteiger partial charge in [0.25, 0.3) is 0 Å². The lowest BCUT2D eigenvalue weighted by Gasteiger charge is -2.11. The maximum atomic E-state index is 11.6. The summed E-state index contributed by atoms with van der Waals surface area (Å²) in [5, 5.41) is 0. The first-order valence-electron chi connectivity index (χ1n) is 4.24. The minimum absolute atomic E-state index is 0.0491. The minimum Gasteiger partial charge on any atom is -0.372 e. The molecule has 1 atom stereocenters. The number of hydrogen-bond donors (Lipinski definition) is 0. The Labute approximate surface area is 79.7 Å². The van der Waals surface area contributed by atoms with Crippen LogP contribution >= 0.6 is 0 Å². The lowest BCUT2D eigenvalue weighted by molar-refractivity contribution is -0.174. The first kappa shape index (κ1) is 11.2. The molecule has 6 heteroatoms. The molecule has 0 bridgehead atoms. The molecule has 0 saturated heterocycles. The second-order valence-electron chi connectivity index (χ2n) is 2.87. The number of ether oxygens (including phenoxy) is 1. The summed E-state index contributed by atoms with van der Waals surface area (Å²) in [5.74, 6) is 0. The highest BCUT2D eigenvalue weighted by atomic mass is 19.4. The SMILES string of the molecule is FC(F)(F)COCCC1C=NCC=N1. The number of halogens is 3. The van der Waals surface area contributed by atoms with Crippen molar-refractivity contribution in [2.75, 3.05) is 19.8 Å². The van der Waals surface area contributed by atoms with E-state index in [0.717, 1.165) is 0 Å². The molecule has 0 aromatic rings. The lowest BCUT2D eigenvalue weighted by Crippen LogP contribution is -2.20. The third kappa shape index (κ3) is 4.96. The predicted octanol–water partition coefficient (Wildman–Crippen LogP) is 1.48. The van der Waals surface area contributed by atoms with E-state index in [2.05, 4.69) is 14.7 Å². The Morgan fingerprint density at radius 2 is 2.21 bits per heavy atom. The van der Waals surface area contributed by atoms with E-state index in [4.69, 9.17) is 0 Å². The molecule has 0 spiro atoms. The molecule has 0 aliphatic carbocycles. The fraction of sp³-hybridized carbons (Fsp3) is 0.750. The molecule has 0 radical (unpaired) electrons. The van der Waals surface area contributed by atoms with Gasteiger partial charge in [0.15, 0.2) is 0 Å². The van der Waals surface area contributed by atoms with Gasteiger partial charge in [0.2, 0.25) is 0 Å². The highest BCUT2D eigenvalue weighted by Crippen LogP contribution is 2.14. The maximum Gasteiger partial charge on any atom is 0.411 e. The molecule has 0 saturated carbocycles. The van der Waals surface area contributed by atoms with Gasteiger partial charge in [-0.15, -0.1) is 0 Å². The molecule has 0 aromatic heterocycles. The number of nitrogens with zero attached hydrogens (tertiary/aromatic N) is 2. The molecule has 80 valence electrons. The average molecular weight is 208 g/mol. The topological polar surface area (TPSA) is 34.0 Å². The zero-order valence-electron chi connectivity index (χ0n) is 7.50. The highest BCUT2D eigenvalue weighted by Gasteiger charge is 2.27. The van der Waals surface area contributed by atoms with Crippen molar-refractivity contribution in [1.29, 1.82) is 0 Å². The molecule has 1 aliphatic heterocycles. The summed E-state index contributed by atoms with van der Waals surface area (Å²) >= 11 is 0. The van der Waals surface area contributed by atoms with Crippen LogP contribution in [0.5, 0.6) is 0 Å². The van der Waals surface area contributed by atoms with Crippen LogP contribution in [0.4, 0.5) is 13.2 Å². The Morgan fingerprint density at radius 3 is 2.79 bits per heavy atom. The molecule has 0 fully saturated rings. The zero-order chi connectivity index (χ0) is 10.4. The predicted molar refractivity (Wildman–Crippen MR) is 47.1 cm³/mol. The van der Waals surface area contributed by atoms with E-state index < -0.39 is 12.8 Å². The van der Waals surface area contributed by atoms with Gasteiger partial charge in [-0.25, -0.2) is 0 Å². The number of aliphatic imine (C=N–C) groups is 2. The van der Waals surface area contributed by atoms with E-state index in [0.29, 0.717) is 13.0 Å². The smallest absolute Gasteiger partial charge is 0.372 e. The molecule has 0 N–H and O–H groups in total. The van der Waals surface area contributed by atoms with E-state index in [9.17, 15) is 13.2 Å². The summed E-state index contributed by atoms with van der Waals surface area (Å²) in [4.78, 5) is 7.96. The number of alkyl halides is 3. The van der Waals surface area contributed by atoms with Gasteiger partial charge in [0, 0.05) is 19.0 Å². The molecule has 0 amide bonds. The van der Waals surface area contributed by atoms with E-state index >= 15 is 0 Å². The van der Waals surface area contributed by atoms with Crippen molar-refractivity contribution in [2.45, 2.75) is 18.6 Å². The monoisotopic (exact) mass is 208 g/mol. The van der Waals surface area contributed by atoms with Gasteiger partial charge in [-0.05, 0) is 6.42 Å². The normalized spacial score (nSPS) is 21.5. The van der Waals surface area contributed by atoms with Crippen molar-refractivity contribution >= 4 is 12.4 Å². The second kappa shape index (κ2) is 5.09. The van der Waals surface area contributed by atoms with E-state index in [-0.39, 0.29) is 12.6 Å². The average Bonchev–Trinajstić information content (AvgIpc) is 2.13. The minimum atomic E-state index is -4.25. The molecular weight excluding hydrogens is 197 g/mol. The van der Waals surface area contributed by atoms with Crippen LogP contribution in [-0.4, -0.2) is 44.4 Å². The Morgan fingerprint density at radius 1 is 1.43 bits per heavy atom. The third-order valence-electron chi connectivity index (χ3n) is 1.59. The van der Waals surface area contributed by atoms with Gasteiger partial charge in [-0.1, -0.05) is 0 Å². The third-order valence-corrected chi connectivity index (χ3v) is 1.59. The van der Waals surface area contributed by atoms with Crippen molar-refractivity contribution < 1.29 is 17.9 Å². The quantitative estimate of drug-likeness (QED) is 0.644. The van der Waals surface area contributed by atoms with Crippen molar-refractivity contribution in [3.05, 3.63) is 0 Å². The zero-order valence-corrected chi connectivity index (χ0v) is 7.50. The van der Waals surface area contributed by atoms with Crippen LogP contribution < -0.4 is 0 Å². The summed E-state index contributed by atoms with van der Waals surface area (Å²) in [5.41, 5.74) is 0. The summed E-state index contributed by atoms with van der Waals surface area (Å²) < 4.78 is 39.4. The molecule has 1 unspecified atom stereocenters. The highest BCUT2D eigenvalue weighted by molar-refractivity contribution is 5.75. The molecule has 1 rings (SSSR count). The van der Waals surface area contributed by atoms with Gasteiger partial charge < -0.3 is 4.74 Å². The maximum absolute atomic E-state index is 11.6. The van der Waals surface area contributed by atoms with E-state index in [1.165, 1.54) is 0 Å². The Bertz CT molecular complexity index is 213. The van der Waals surface area contributed by atoms with Crippen LogP contribution in [0.2, 0.25) is 0 Å². The first-order valence-corrected chi connectivity index (χ1v) is 4.24. The molecule has 1 heterocycles. The molecule has 0 aromatic carbocycles. The Hall–Kier alpha value is -0.910. The first-order chi connectivity index (χ1) is 6.58. The summed E-state index contributed by atoms with van der Waals surface area (Å²) in [7, 11) is 0. The molecule has 14 heavy (non-hydrogen) atoms. The van der Waals surface area contributed by atoms with Crippen LogP contribution in [0.25, 0.3) is 0 Å². The summed E-state index contributed by atoms with van der Waals surface area (Å²) in [6, 6.07) is -0.128. The van der Waals surface area contributed by atoms with Crippen molar-refractivity contribution in [3.8, 4) is 0 Å². The van der Waals surface area contributed by atoms with Gasteiger partial charge in [0.1, 0.15) is 6.61 Å². The van der Waals surface area contributed by atoms with Crippen LogP contribution in [0.1, 0.15) is 6.42 Å². The van der Waals surface area contributed by atoms with Crippen molar-refractivity contribution in [1.82, 2.24) is 0 Å². The van der Waals surface area contributed by atoms with Gasteiger partial charge >= 0.3 is 6.18 Å². The van der Waals surface area contributed by atoms with Crippen LogP contribution in [0.3, 0.4) is 0 Å². The number of hydrogen-bond acceptors (Lipinski definition) is 3. The van der Waals surface area contributed by atoms with Crippen LogP contribution in [0, 0.1) is 0 Å². The summed E-state index contributed by atoms with van der Waals surface area (Å²) in [6.07, 6.45) is -0.522. The van der Waals surface area contributed by atoms with Gasteiger partial charge in [0.05, 0.1) is 12.6 Å². The van der Waals surface area contributed by atoms with Crippen molar-refractivity contribution in [2.24, 2.45) is 9.98 Å². The largest absolute Gasteiger partial charge is 0.411 e. The van der Waals surface area contributed by atoms with Crippen LogP contribution in [-0.2, 0) is 4.74 Å². The van der Waals surface area contributed by atoms with Gasteiger partial charge in [-0.3, -0.25) is 9.98 Å².